The third-order valence-corrected chi connectivity index (χ3v) is 3.55. The van der Waals surface area contributed by atoms with E-state index in [1.165, 1.54) is 5.56 Å². The molecule has 0 aromatic heterocycles. The van der Waals surface area contributed by atoms with Gasteiger partial charge in [-0.05, 0) is 24.9 Å². The number of benzene rings is 1. The maximum atomic E-state index is 9.46. The molecule has 1 aromatic carbocycles. The molecule has 16 heavy (non-hydrogen) atoms. The molecule has 0 unspecified atom stereocenters. The Kier molecular flexibility index (Phi) is 3.59. The van der Waals surface area contributed by atoms with Crippen molar-refractivity contribution < 1.29 is 10.2 Å². The number of hydrogen-bond acceptors (Lipinski definition) is 3. The summed E-state index contributed by atoms with van der Waals surface area (Å²) < 4.78 is 0. The van der Waals surface area contributed by atoms with Crippen molar-refractivity contribution in [3.05, 3.63) is 35.9 Å². The summed E-state index contributed by atoms with van der Waals surface area (Å²) in [5.74, 6) is 0. The first-order valence-corrected chi connectivity index (χ1v) is 5.81. The summed E-state index contributed by atoms with van der Waals surface area (Å²) in [6.07, 6.45) is 1.93. The van der Waals surface area contributed by atoms with Gasteiger partial charge in [-0.2, -0.15) is 0 Å². The highest BCUT2D eigenvalue weighted by Gasteiger charge is 2.39. The van der Waals surface area contributed by atoms with Crippen LogP contribution < -0.4 is 0 Å². The van der Waals surface area contributed by atoms with Gasteiger partial charge in [-0.1, -0.05) is 30.3 Å². The second-order valence-electron chi connectivity index (χ2n) is 4.55. The first-order chi connectivity index (χ1) is 7.80. The summed E-state index contributed by atoms with van der Waals surface area (Å²) in [5.41, 5.74) is 0.825. The fraction of sp³-hybridized carbons (Fsp3) is 0.538. The number of likely N-dealkylation sites (tertiary alicyclic amines) is 1. The van der Waals surface area contributed by atoms with Crippen molar-refractivity contribution in [2.45, 2.75) is 24.9 Å². The van der Waals surface area contributed by atoms with Crippen molar-refractivity contribution in [3.8, 4) is 0 Å². The van der Waals surface area contributed by atoms with Gasteiger partial charge in [-0.25, -0.2) is 0 Å². The molecule has 3 heteroatoms. The molecule has 88 valence electrons. The van der Waals surface area contributed by atoms with E-state index in [1.54, 1.807) is 0 Å². The van der Waals surface area contributed by atoms with E-state index in [-0.39, 0.29) is 13.2 Å². The zero-order chi connectivity index (χ0) is 11.4. The molecule has 1 aliphatic heterocycles. The van der Waals surface area contributed by atoms with E-state index in [1.807, 2.05) is 18.2 Å². The first-order valence-electron chi connectivity index (χ1n) is 5.81. The van der Waals surface area contributed by atoms with Crippen LogP contribution in [0, 0.1) is 0 Å². The van der Waals surface area contributed by atoms with E-state index in [0.29, 0.717) is 0 Å². The summed E-state index contributed by atoms with van der Waals surface area (Å²) in [6.45, 7) is 1.84. The topological polar surface area (TPSA) is 43.7 Å². The minimum atomic E-state index is -0.407. The molecule has 1 aliphatic rings. The monoisotopic (exact) mass is 221 g/mol. The van der Waals surface area contributed by atoms with Crippen LogP contribution in [0.5, 0.6) is 0 Å². The van der Waals surface area contributed by atoms with Crippen molar-refractivity contribution >= 4 is 0 Å². The Morgan fingerprint density at radius 2 is 1.81 bits per heavy atom. The number of aliphatic hydroxyl groups excluding tert-OH is 2. The highest BCUT2D eigenvalue weighted by atomic mass is 16.3. The lowest BCUT2D eigenvalue weighted by Crippen LogP contribution is -2.49. The minimum Gasteiger partial charge on any atom is -0.394 e. The summed E-state index contributed by atoms with van der Waals surface area (Å²) in [7, 11) is 0. The molecule has 2 rings (SSSR count). The van der Waals surface area contributed by atoms with Crippen LogP contribution in [-0.2, 0) is 6.54 Å². The fourth-order valence-electron chi connectivity index (χ4n) is 2.45. The van der Waals surface area contributed by atoms with Crippen molar-refractivity contribution in [3.63, 3.8) is 0 Å². The largest absolute Gasteiger partial charge is 0.394 e. The van der Waals surface area contributed by atoms with Crippen LogP contribution in [0.15, 0.2) is 30.3 Å². The van der Waals surface area contributed by atoms with Crippen LogP contribution in [0.4, 0.5) is 0 Å². The van der Waals surface area contributed by atoms with Crippen molar-refractivity contribution in [1.29, 1.82) is 0 Å². The molecule has 2 N–H and O–H groups in total. The smallest absolute Gasteiger partial charge is 0.0676 e. The summed E-state index contributed by atoms with van der Waals surface area (Å²) >= 11 is 0. The molecular weight excluding hydrogens is 202 g/mol. The fourth-order valence-corrected chi connectivity index (χ4v) is 2.45. The SMILES string of the molecule is OCC1(CO)CCCN1Cc1ccccc1. The molecule has 0 spiro atoms. The minimum absolute atomic E-state index is 0.0380. The molecule has 0 aliphatic carbocycles. The van der Waals surface area contributed by atoms with Crippen molar-refractivity contribution in [2.24, 2.45) is 0 Å². The molecule has 0 atom stereocenters. The van der Waals surface area contributed by atoms with Crippen LogP contribution >= 0.6 is 0 Å². The highest BCUT2D eigenvalue weighted by molar-refractivity contribution is 5.15. The molecular formula is C13H19NO2. The normalized spacial score (nSPS) is 20.1. The van der Waals surface area contributed by atoms with E-state index in [2.05, 4.69) is 17.0 Å². The number of aliphatic hydroxyl groups is 2. The van der Waals surface area contributed by atoms with Gasteiger partial charge >= 0.3 is 0 Å². The van der Waals surface area contributed by atoms with Crippen LogP contribution in [0.25, 0.3) is 0 Å². The van der Waals surface area contributed by atoms with Gasteiger partial charge in [-0.15, -0.1) is 0 Å². The molecule has 1 heterocycles. The van der Waals surface area contributed by atoms with E-state index in [9.17, 15) is 10.2 Å². The van der Waals surface area contributed by atoms with E-state index in [0.717, 1.165) is 25.9 Å². The Morgan fingerprint density at radius 3 is 2.44 bits per heavy atom. The van der Waals surface area contributed by atoms with Gasteiger partial charge in [0.1, 0.15) is 0 Å². The number of hydrogen-bond donors (Lipinski definition) is 2. The summed E-state index contributed by atoms with van der Waals surface area (Å²) in [4.78, 5) is 2.20. The molecule has 3 nitrogen and oxygen atoms in total. The molecule has 1 saturated heterocycles. The standard InChI is InChI=1S/C13H19NO2/c15-10-13(11-16)7-4-8-14(13)9-12-5-2-1-3-6-12/h1-3,5-6,15-16H,4,7-11H2. The van der Waals surface area contributed by atoms with Crippen LogP contribution in [-0.4, -0.2) is 40.4 Å². The average Bonchev–Trinajstić information content (AvgIpc) is 2.74. The third kappa shape index (κ3) is 2.12. The quantitative estimate of drug-likeness (QED) is 0.797. The van der Waals surface area contributed by atoms with Crippen LogP contribution in [0.3, 0.4) is 0 Å². The zero-order valence-corrected chi connectivity index (χ0v) is 9.47. The first kappa shape index (κ1) is 11.6. The Balaban J connectivity index is 2.09. The Bertz CT molecular complexity index is 322. The Morgan fingerprint density at radius 1 is 1.12 bits per heavy atom. The Labute approximate surface area is 96.3 Å². The lowest BCUT2D eigenvalue weighted by Gasteiger charge is -2.35. The number of nitrogens with zero attached hydrogens (tertiary/aromatic N) is 1. The summed E-state index contributed by atoms with van der Waals surface area (Å²) in [6, 6.07) is 10.2. The average molecular weight is 221 g/mol. The van der Waals surface area contributed by atoms with E-state index >= 15 is 0 Å². The van der Waals surface area contributed by atoms with Crippen LogP contribution in [0.2, 0.25) is 0 Å². The highest BCUT2D eigenvalue weighted by Crippen LogP contribution is 2.30. The molecule has 1 aromatic rings. The van der Waals surface area contributed by atoms with Gasteiger partial charge in [0.15, 0.2) is 0 Å². The molecule has 1 fully saturated rings. The maximum Gasteiger partial charge on any atom is 0.0676 e. The van der Waals surface area contributed by atoms with Gasteiger partial charge in [0, 0.05) is 6.54 Å². The van der Waals surface area contributed by atoms with Gasteiger partial charge in [0.05, 0.1) is 18.8 Å². The van der Waals surface area contributed by atoms with Gasteiger partial charge in [0.2, 0.25) is 0 Å². The molecule has 0 saturated carbocycles. The lowest BCUT2D eigenvalue weighted by atomic mass is 9.98. The van der Waals surface area contributed by atoms with Crippen molar-refractivity contribution in [2.75, 3.05) is 19.8 Å². The van der Waals surface area contributed by atoms with Crippen molar-refractivity contribution in [1.82, 2.24) is 4.90 Å². The maximum absolute atomic E-state index is 9.46. The molecule has 0 bridgehead atoms. The summed E-state index contributed by atoms with van der Waals surface area (Å²) in [5, 5.41) is 18.9. The van der Waals surface area contributed by atoms with Gasteiger partial charge in [-0.3, -0.25) is 4.90 Å². The lowest BCUT2D eigenvalue weighted by molar-refractivity contribution is 0.0107. The van der Waals surface area contributed by atoms with Crippen LogP contribution in [0.1, 0.15) is 18.4 Å². The van der Waals surface area contributed by atoms with Gasteiger partial charge in [0.25, 0.3) is 0 Å². The predicted molar refractivity (Wildman–Crippen MR) is 63.0 cm³/mol. The second kappa shape index (κ2) is 4.95. The van der Waals surface area contributed by atoms with Gasteiger partial charge < -0.3 is 10.2 Å². The second-order valence-corrected chi connectivity index (χ2v) is 4.55. The number of rotatable bonds is 4. The van der Waals surface area contributed by atoms with E-state index in [4.69, 9.17) is 0 Å². The zero-order valence-electron chi connectivity index (χ0n) is 9.47. The van der Waals surface area contributed by atoms with E-state index < -0.39 is 5.54 Å². The molecule has 0 amide bonds. The third-order valence-electron chi connectivity index (χ3n) is 3.55. The Hall–Kier alpha value is -0.900. The predicted octanol–water partition coefficient (Wildman–Crippen LogP) is 1.01. The molecule has 0 radical (unpaired) electrons.